The summed E-state index contributed by atoms with van der Waals surface area (Å²) >= 11 is 1.52. The fraction of sp³-hybridized carbons (Fsp3) is 0.467. The van der Waals surface area contributed by atoms with Crippen molar-refractivity contribution in [2.75, 3.05) is 13.0 Å². The van der Waals surface area contributed by atoms with Crippen LogP contribution in [0.3, 0.4) is 0 Å². The standard InChI is InChI=1S/C15H20O3S/c1-18-11-19-13-8-5-4-7-12(13)15(17)10-6-2-3-9-14(15)16/h4-8,10,14,16-17H,2-3,9,11H2,1H3. The second-order valence-electron chi connectivity index (χ2n) is 4.72. The van der Waals surface area contributed by atoms with Crippen molar-refractivity contribution in [1.82, 2.24) is 0 Å². The van der Waals surface area contributed by atoms with Gasteiger partial charge in [0, 0.05) is 17.6 Å². The van der Waals surface area contributed by atoms with E-state index in [1.165, 1.54) is 11.8 Å². The molecule has 0 aromatic heterocycles. The summed E-state index contributed by atoms with van der Waals surface area (Å²) in [4.78, 5) is 0.942. The molecular formula is C15H20O3S. The zero-order valence-corrected chi connectivity index (χ0v) is 11.9. The minimum absolute atomic E-state index is 0.521. The van der Waals surface area contributed by atoms with Crippen molar-refractivity contribution < 1.29 is 14.9 Å². The quantitative estimate of drug-likeness (QED) is 0.506. The minimum atomic E-state index is -1.30. The van der Waals surface area contributed by atoms with Gasteiger partial charge in [0.25, 0.3) is 0 Å². The highest BCUT2D eigenvalue weighted by molar-refractivity contribution is 7.99. The first-order valence-corrected chi connectivity index (χ1v) is 7.46. The fourth-order valence-electron chi connectivity index (χ4n) is 2.34. The van der Waals surface area contributed by atoms with Crippen LogP contribution in [0.5, 0.6) is 0 Å². The van der Waals surface area contributed by atoms with Crippen LogP contribution >= 0.6 is 11.8 Å². The fourth-order valence-corrected chi connectivity index (χ4v) is 3.14. The summed E-state index contributed by atoms with van der Waals surface area (Å²) < 4.78 is 5.07. The van der Waals surface area contributed by atoms with Crippen LogP contribution in [-0.4, -0.2) is 29.4 Å². The number of allylic oxidation sites excluding steroid dienone is 1. The number of methoxy groups -OCH3 is 1. The molecule has 104 valence electrons. The third-order valence-electron chi connectivity index (χ3n) is 3.38. The molecule has 0 aliphatic heterocycles. The molecule has 2 atom stereocenters. The normalized spacial score (nSPS) is 27.2. The van der Waals surface area contributed by atoms with Crippen LogP contribution in [0.15, 0.2) is 41.3 Å². The number of hydrogen-bond donors (Lipinski definition) is 2. The molecular weight excluding hydrogens is 260 g/mol. The molecule has 0 amide bonds. The highest BCUT2D eigenvalue weighted by Crippen LogP contribution is 2.37. The Kier molecular flexibility index (Phi) is 5.05. The number of aliphatic hydroxyl groups is 2. The first kappa shape index (κ1) is 14.6. The third-order valence-corrected chi connectivity index (χ3v) is 4.40. The molecule has 1 aliphatic carbocycles. The van der Waals surface area contributed by atoms with Crippen LogP contribution < -0.4 is 0 Å². The maximum absolute atomic E-state index is 10.9. The zero-order chi connectivity index (χ0) is 13.7. The summed E-state index contributed by atoms with van der Waals surface area (Å²) in [7, 11) is 1.64. The lowest BCUT2D eigenvalue weighted by Crippen LogP contribution is -2.37. The maximum Gasteiger partial charge on any atom is 0.135 e. The van der Waals surface area contributed by atoms with Crippen LogP contribution in [-0.2, 0) is 10.3 Å². The third kappa shape index (κ3) is 3.20. The first-order chi connectivity index (χ1) is 9.18. The smallest absolute Gasteiger partial charge is 0.135 e. The van der Waals surface area contributed by atoms with E-state index in [9.17, 15) is 10.2 Å². The summed E-state index contributed by atoms with van der Waals surface area (Å²) in [5.74, 6) is 0.521. The number of benzene rings is 1. The number of aliphatic hydroxyl groups excluding tert-OH is 1. The largest absolute Gasteiger partial charge is 0.389 e. The molecule has 2 N–H and O–H groups in total. The Morgan fingerprint density at radius 1 is 1.42 bits per heavy atom. The van der Waals surface area contributed by atoms with Crippen molar-refractivity contribution in [2.24, 2.45) is 0 Å². The number of hydrogen-bond acceptors (Lipinski definition) is 4. The lowest BCUT2D eigenvalue weighted by molar-refractivity contribution is -0.0478. The van der Waals surface area contributed by atoms with Crippen molar-refractivity contribution >= 4 is 11.8 Å². The van der Waals surface area contributed by atoms with E-state index in [-0.39, 0.29) is 0 Å². The molecule has 0 radical (unpaired) electrons. The van der Waals surface area contributed by atoms with Crippen molar-refractivity contribution in [2.45, 2.75) is 35.9 Å². The molecule has 3 nitrogen and oxygen atoms in total. The van der Waals surface area contributed by atoms with Crippen LogP contribution in [0.25, 0.3) is 0 Å². The summed E-state index contributed by atoms with van der Waals surface area (Å²) in [6.45, 7) is 0. The summed E-state index contributed by atoms with van der Waals surface area (Å²) in [5, 5.41) is 21.2. The predicted octanol–water partition coefficient (Wildman–Crippen LogP) is 2.67. The van der Waals surface area contributed by atoms with E-state index in [0.29, 0.717) is 12.4 Å². The SMILES string of the molecule is COCSc1ccccc1C1(O)C=CCCCC1O. The highest BCUT2D eigenvalue weighted by Gasteiger charge is 2.37. The van der Waals surface area contributed by atoms with E-state index in [2.05, 4.69) is 0 Å². The Hall–Kier alpha value is -0.810. The predicted molar refractivity (Wildman–Crippen MR) is 77.1 cm³/mol. The lowest BCUT2D eigenvalue weighted by Gasteiger charge is -2.31. The average molecular weight is 280 g/mol. The van der Waals surface area contributed by atoms with Crippen LogP contribution in [0.1, 0.15) is 24.8 Å². The Labute approximate surface area is 118 Å². The molecule has 0 bridgehead atoms. The lowest BCUT2D eigenvalue weighted by atomic mass is 9.87. The van der Waals surface area contributed by atoms with E-state index in [0.717, 1.165) is 23.3 Å². The van der Waals surface area contributed by atoms with Gasteiger partial charge >= 0.3 is 0 Å². The number of thioether (sulfide) groups is 1. The molecule has 19 heavy (non-hydrogen) atoms. The summed E-state index contributed by atoms with van der Waals surface area (Å²) in [6, 6.07) is 7.63. The van der Waals surface area contributed by atoms with Crippen molar-refractivity contribution in [3.05, 3.63) is 42.0 Å². The van der Waals surface area contributed by atoms with Gasteiger partial charge in [0.05, 0.1) is 12.0 Å². The molecule has 0 spiro atoms. The molecule has 0 fully saturated rings. The topological polar surface area (TPSA) is 49.7 Å². The van der Waals surface area contributed by atoms with Gasteiger partial charge in [-0.1, -0.05) is 36.0 Å². The molecule has 0 heterocycles. The van der Waals surface area contributed by atoms with Gasteiger partial charge in [-0.3, -0.25) is 0 Å². The van der Waals surface area contributed by atoms with E-state index in [1.807, 2.05) is 30.3 Å². The Morgan fingerprint density at radius 3 is 3.00 bits per heavy atom. The summed E-state index contributed by atoms with van der Waals surface area (Å²) in [5.41, 5.74) is -0.545. The van der Waals surface area contributed by atoms with Crippen LogP contribution in [0.4, 0.5) is 0 Å². The highest BCUT2D eigenvalue weighted by atomic mass is 32.2. The van der Waals surface area contributed by atoms with Crippen LogP contribution in [0, 0.1) is 0 Å². The molecule has 0 saturated carbocycles. The Balaban J connectivity index is 2.37. The van der Waals surface area contributed by atoms with Gasteiger partial charge in [0.2, 0.25) is 0 Å². The van der Waals surface area contributed by atoms with Gasteiger partial charge in [0.15, 0.2) is 0 Å². The average Bonchev–Trinajstić information content (AvgIpc) is 2.60. The van der Waals surface area contributed by atoms with Gasteiger partial charge in [-0.25, -0.2) is 0 Å². The zero-order valence-electron chi connectivity index (χ0n) is 11.1. The van der Waals surface area contributed by atoms with Crippen LogP contribution in [0.2, 0.25) is 0 Å². The first-order valence-electron chi connectivity index (χ1n) is 6.48. The molecule has 2 unspecified atom stereocenters. The second kappa shape index (κ2) is 6.57. The van der Waals surface area contributed by atoms with E-state index < -0.39 is 11.7 Å². The van der Waals surface area contributed by atoms with Gasteiger partial charge < -0.3 is 14.9 Å². The summed E-state index contributed by atoms with van der Waals surface area (Å²) in [6.07, 6.45) is 5.31. The Bertz CT molecular complexity index is 447. The molecule has 1 aromatic rings. The van der Waals surface area contributed by atoms with Crippen molar-refractivity contribution in [3.8, 4) is 0 Å². The minimum Gasteiger partial charge on any atom is -0.389 e. The van der Waals surface area contributed by atoms with Gasteiger partial charge in [-0.05, 0) is 31.4 Å². The van der Waals surface area contributed by atoms with E-state index in [4.69, 9.17) is 4.74 Å². The van der Waals surface area contributed by atoms with Crippen molar-refractivity contribution in [1.29, 1.82) is 0 Å². The molecule has 1 aromatic carbocycles. The molecule has 0 saturated heterocycles. The molecule has 2 rings (SSSR count). The van der Waals surface area contributed by atoms with E-state index in [1.54, 1.807) is 13.2 Å². The number of rotatable bonds is 4. The number of ether oxygens (including phenoxy) is 1. The Morgan fingerprint density at radius 2 is 2.21 bits per heavy atom. The molecule has 4 heteroatoms. The van der Waals surface area contributed by atoms with Crippen molar-refractivity contribution in [3.63, 3.8) is 0 Å². The van der Waals surface area contributed by atoms with Gasteiger partial charge in [-0.15, -0.1) is 0 Å². The monoisotopic (exact) mass is 280 g/mol. The van der Waals surface area contributed by atoms with Gasteiger partial charge in [-0.2, -0.15) is 0 Å². The van der Waals surface area contributed by atoms with E-state index >= 15 is 0 Å². The second-order valence-corrected chi connectivity index (χ2v) is 5.69. The maximum atomic E-state index is 10.9. The van der Waals surface area contributed by atoms with Gasteiger partial charge in [0.1, 0.15) is 5.60 Å². The molecule has 1 aliphatic rings.